The van der Waals surface area contributed by atoms with E-state index in [0.717, 1.165) is 0 Å². The van der Waals surface area contributed by atoms with E-state index in [1.165, 1.54) is 30.3 Å². The number of carbonyl (C=O) groups is 2. The zero-order valence-corrected chi connectivity index (χ0v) is 16.4. The molecule has 8 heteroatoms. The summed E-state index contributed by atoms with van der Waals surface area (Å²) >= 11 is 6.11. The number of ketones is 1. The number of hydrogen-bond donors (Lipinski definition) is 4. The number of nitrogens with one attached hydrogen (secondary N) is 1. The fourth-order valence-corrected chi connectivity index (χ4v) is 3.24. The summed E-state index contributed by atoms with van der Waals surface area (Å²) in [6, 6.07) is 6.17. The summed E-state index contributed by atoms with van der Waals surface area (Å²) in [5.41, 5.74) is 10.9. The molecule has 2 atom stereocenters. The van der Waals surface area contributed by atoms with Crippen molar-refractivity contribution in [1.29, 1.82) is 0 Å². The second-order valence-corrected chi connectivity index (χ2v) is 7.03. The number of primary amides is 1. The van der Waals surface area contributed by atoms with Gasteiger partial charge in [-0.2, -0.15) is 0 Å². The molecule has 2 aromatic carbocycles. The predicted molar refractivity (Wildman–Crippen MR) is 107 cm³/mol. The number of amides is 1. The van der Waals surface area contributed by atoms with Crippen molar-refractivity contribution in [3.8, 4) is 5.75 Å². The Morgan fingerprint density at radius 2 is 1.96 bits per heavy atom. The maximum absolute atomic E-state index is 15.3. The van der Waals surface area contributed by atoms with Crippen LogP contribution in [0.3, 0.4) is 0 Å². The molecule has 6 N–H and O–H groups in total. The van der Waals surface area contributed by atoms with Crippen molar-refractivity contribution in [2.45, 2.75) is 38.8 Å². The van der Waals surface area contributed by atoms with Gasteiger partial charge in [-0.3, -0.25) is 9.59 Å². The maximum Gasteiger partial charge on any atom is 0.218 e. The van der Waals surface area contributed by atoms with Crippen LogP contribution in [0, 0.1) is 5.82 Å². The SMILES string of the molecule is CC[C@@H](N[C@@H](C)CC(N)=O)c1ccc(Cl)c(C(=O)c2ccc(N)c(O)c2)c1F. The van der Waals surface area contributed by atoms with Gasteiger partial charge in [0.2, 0.25) is 5.91 Å². The Hall–Kier alpha value is -2.64. The molecule has 1 amide bonds. The number of phenols is 1. The van der Waals surface area contributed by atoms with Crippen molar-refractivity contribution in [3.05, 3.63) is 57.9 Å². The number of anilines is 1. The predicted octanol–water partition coefficient (Wildman–Crippen LogP) is 3.30. The minimum absolute atomic E-state index is 0.0393. The lowest BCUT2D eigenvalue weighted by Gasteiger charge is -2.23. The Bertz CT molecular complexity index is 905. The summed E-state index contributed by atoms with van der Waals surface area (Å²) in [6.07, 6.45) is 0.611. The molecule has 0 heterocycles. The number of nitrogens with two attached hydrogens (primary N) is 2. The lowest BCUT2D eigenvalue weighted by molar-refractivity contribution is -0.118. The molecule has 0 fully saturated rings. The Balaban J connectivity index is 2.43. The van der Waals surface area contributed by atoms with Crippen LogP contribution in [0.25, 0.3) is 0 Å². The van der Waals surface area contributed by atoms with Crippen LogP contribution in [0.15, 0.2) is 30.3 Å². The van der Waals surface area contributed by atoms with Crippen LogP contribution in [-0.2, 0) is 4.79 Å². The quantitative estimate of drug-likeness (QED) is 0.304. The highest BCUT2D eigenvalue weighted by molar-refractivity contribution is 6.35. The van der Waals surface area contributed by atoms with Crippen molar-refractivity contribution in [2.24, 2.45) is 5.73 Å². The minimum atomic E-state index is -0.751. The molecular weight excluding hydrogens is 385 g/mol. The van der Waals surface area contributed by atoms with Crippen LogP contribution in [0.5, 0.6) is 5.75 Å². The van der Waals surface area contributed by atoms with E-state index in [0.29, 0.717) is 6.42 Å². The summed E-state index contributed by atoms with van der Waals surface area (Å²) < 4.78 is 15.3. The molecule has 150 valence electrons. The molecule has 0 saturated heterocycles. The van der Waals surface area contributed by atoms with Crippen molar-refractivity contribution in [3.63, 3.8) is 0 Å². The summed E-state index contributed by atoms with van der Waals surface area (Å²) in [6.45, 7) is 3.62. The van der Waals surface area contributed by atoms with Gasteiger partial charge in [-0.05, 0) is 37.6 Å². The number of benzene rings is 2. The molecule has 0 aliphatic carbocycles. The molecule has 6 nitrogen and oxygen atoms in total. The molecule has 2 rings (SSSR count). The zero-order chi connectivity index (χ0) is 21.0. The van der Waals surface area contributed by atoms with Crippen molar-refractivity contribution < 1.29 is 19.1 Å². The topological polar surface area (TPSA) is 118 Å². The molecule has 0 unspecified atom stereocenters. The third kappa shape index (κ3) is 4.79. The average molecular weight is 408 g/mol. The number of nitrogen functional groups attached to an aromatic ring is 1. The zero-order valence-electron chi connectivity index (χ0n) is 15.6. The number of carbonyl (C=O) groups excluding carboxylic acids is 2. The van der Waals surface area contributed by atoms with Crippen LogP contribution < -0.4 is 16.8 Å². The van der Waals surface area contributed by atoms with Crippen LogP contribution >= 0.6 is 11.6 Å². The Labute approximate surface area is 167 Å². The third-order valence-electron chi connectivity index (χ3n) is 4.42. The summed E-state index contributed by atoms with van der Waals surface area (Å²) in [5, 5.41) is 12.8. The Morgan fingerprint density at radius 3 is 2.54 bits per heavy atom. The van der Waals surface area contributed by atoms with Gasteiger partial charge < -0.3 is 21.9 Å². The van der Waals surface area contributed by atoms with Gasteiger partial charge in [0.15, 0.2) is 5.78 Å². The molecule has 0 radical (unpaired) electrons. The van der Waals surface area contributed by atoms with E-state index < -0.39 is 23.5 Å². The molecule has 0 aromatic heterocycles. The average Bonchev–Trinajstić information content (AvgIpc) is 2.61. The third-order valence-corrected chi connectivity index (χ3v) is 4.73. The van der Waals surface area contributed by atoms with Crippen LogP contribution in [0.2, 0.25) is 5.02 Å². The summed E-state index contributed by atoms with van der Waals surface area (Å²) in [7, 11) is 0. The standard InChI is InChI=1S/C20H23ClFN3O3/c1-3-15(25-10(2)8-17(24)27)12-5-6-13(21)18(19(12)22)20(28)11-4-7-14(23)16(26)9-11/h4-7,9-10,15,25-26H,3,8,23H2,1-2H3,(H2,24,27)/t10-,15+/m0/s1. The number of aromatic hydroxyl groups is 1. The van der Waals surface area contributed by atoms with E-state index in [2.05, 4.69) is 5.32 Å². The second kappa shape index (κ2) is 9.03. The van der Waals surface area contributed by atoms with Gasteiger partial charge in [0.1, 0.15) is 11.6 Å². The van der Waals surface area contributed by atoms with Crippen molar-refractivity contribution >= 4 is 29.0 Å². The van der Waals surface area contributed by atoms with Gasteiger partial charge in [0.25, 0.3) is 0 Å². The Kier molecular flexibility index (Phi) is 6.99. The molecular formula is C20H23ClFN3O3. The highest BCUT2D eigenvalue weighted by atomic mass is 35.5. The summed E-state index contributed by atoms with van der Waals surface area (Å²) in [5.74, 6) is -2.16. The summed E-state index contributed by atoms with van der Waals surface area (Å²) in [4.78, 5) is 23.9. The van der Waals surface area contributed by atoms with Crippen LogP contribution in [0.4, 0.5) is 10.1 Å². The van der Waals surface area contributed by atoms with E-state index in [1.807, 2.05) is 6.92 Å². The smallest absolute Gasteiger partial charge is 0.218 e. The van der Waals surface area contributed by atoms with Gasteiger partial charge in [-0.25, -0.2) is 4.39 Å². The molecule has 0 saturated carbocycles. The number of phenolic OH excluding ortho intramolecular Hbond substituents is 1. The monoisotopic (exact) mass is 407 g/mol. The van der Waals surface area contributed by atoms with Gasteiger partial charge in [0, 0.05) is 29.6 Å². The molecule has 28 heavy (non-hydrogen) atoms. The number of rotatable bonds is 8. The highest BCUT2D eigenvalue weighted by Gasteiger charge is 2.25. The Morgan fingerprint density at radius 1 is 1.29 bits per heavy atom. The first-order valence-corrected chi connectivity index (χ1v) is 9.18. The molecule has 2 aromatic rings. The number of hydrogen-bond acceptors (Lipinski definition) is 5. The van der Waals surface area contributed by atoms with Gasteiger partial charge in [-0.1, -0.05) is 24.6 Å². The van der Waals surface area contributed by atoms with E-state index in [9.17, 15) is 14.7 Å². The fourth-order valence-electron chi connectivity index (χ4n) is 3.01. The normalized spacial score (nSPS) is 13.1. The van der Waals surface area contributed by atoms with E-state index in [4.69, 9.17) is 23.1 Å². The van der Waals surface area contributed by atoms with Crippen molar-refractivity contribution in [2.75, 3.05) is 5.73 Å². The van der Waals surface area contributed by atoms with E-state index >= 15 is 4.39 Å². The van der Waals surface area contributed by atoms with Crippen LogP contribution in [-0.4, -0.2) is 22.8 Å². The first-order chi connectivity index (χ1) is 13.1. The first kappa shape index (κ1) is 21.7. The second-order valence-electron chi connectivity index (χ2n) is 6.63. The van der Waals surface area contributed by atoms with Gasteiger partial charge >= 0.3 is 0 Å². The molecule has 0 aliphatic rings. The largest absolute Gasteiger partial charge is 0.506 e. The fraction of sp³-hybridized carbons (Fsp3) is 0.300. The van der Waals surface area contributed by atoms with E-state index in [1.54, 1.807) is 6.92 Å². The van der Waals surface area contributed by atoms with E-state index in [-0.39, 0.29) is 45.6 Å². The maximum atomic E-state index is 15.3. The number of halogens is 2. The molecule has 0 spiro atoms. The van der Waals surface area contributed by atoms with Crippen LogP contribution in [0.1, 0.15) is 54.2 Å². The van der Waals surface area contributed by atoms with Gasteiger partial charge in [0.05, 0.1) is 16.3 Å². The highest BCUT2D eigenvalue weighted by Crippen LogP contribution is 2.31. The lowest BCUT2D eigenvalue weighted by Crippen LogP contribution is -2.34. The minimum Gasteiger partial charge on any atom is -0.506 e. The molecule has 0 bridgehead atoms. The lowest BCUT2D eigenvalue weighted by atomic mass is 9.95. The van der Waals surface area contributed by atoms with Crippen molar-refractivity contribution in [1.82, 2.24) is 5.32 Å². The van der Waals surface area contributed by atoms with Gasteiger partial charge in [-0.15, -0.1) is 0 Å². The molecule has 0 aliphatic heterocycles. The first-order valence-electron chi connectivity index (χ1n) is 8.81.